The van der Waals surface area contributed by atoms with Crippen molar-refractivity contribution in [3.63, 3.8) is 0 Å². The molecule has 0 saturated carbocycles. The number of nitrogens with zero attached hydrogens (tertiary/aromatic N) is 2. The molecule has 0 amide bonds. The molecule has 4 rings (SSSR count). The van der Waals surface area contributed by atoms with Gasteiger partial charge in [0.15, 0.2) is 0 Å². The molecule has 0 bridgehead atoms. The summed E-state index contributed by atoms with van der Waals surface area (Å²) < 4.78 is 2.10. The van der Waals surface area contributed by atoms with Crippen LogP contribution in [0.5, 0.6) is 0 Å². The number of hydrogen-bond acceptors (Lipinski definition) is 3. The summed E-state index contributed by atoms with van der Waals surface area (Å²) in [6, 6.07) is 13.2. The van der Waals surface area contributed by atoms with Crippen LogP contribution in [-0.4, -0.2) is 16.3 Å². The van der Waals surface area contributed by atoms with E-state index >= 15 is 0 Å². The maximum atomic E-state index is 5.01. The van der Waals surface area contributed by atoms with Gasteiger partial charge < -0.3 is 5.32 Å². The molecule has 4 heteroatoms. The monoisotopic (exact) mass is 337 g/mol. The SMILES string of the molecule is CCc1ccc(-n2nc(-c3ccc(C)s3)c3c2NCCCC3)cc1. The van der Waals surface area contributed by atoms with Crippen LogP contribution < -0.4 is 5.32 Å². The fraction of sp³-hybridized carbons (Fsp3) is 0.350. The molecule has 3 nitrogen and oxygen atoms in total. The molecule has 1 N–H and O–H groups in total. The first-order valence-corrected chi connectivity index (χ1v) is 9.60. The summed E-state index contributed by atoms with van der Waals surface area (Å²) in [5.74, 6) is 1.18. The van der Waals surface area contributed by atoms with Crippen LogP contribution in [0.4, 0.5) is 5.82 Å². The van der Waals surface area contributed by atoms with E-state index in [0.29, 0.717) is 0 Å². The Bertz CT molecular complexity index is 842. The first-order chi connectivity index (χ1) is 11.8. The number of benzene rings is 1. The lowest BCUT2D eigenvalue weighted by Crippen LogP contribution is -2.07. The van der Waals surface area contributed by atoms with Gasteiger partial charge in [-0.2, -0.15) is 5.10 Å². The van der Waals surface area contributed by atoms with Gasteiger partial charge in [-0.1, -0.05) is 19.1 Å². The quantitative estimate of drug-likeness (QED) is 0.710. The highest BCUT2D eigenvalue weighted by atomic mass is 32.1. The molecular formula is C20H23N3S. The van der Waals surface area contributed by atoms with Crippen molar-refractivity contribution in [2.75, 3.05) is 11.9 Å². The van der Waals surface area contributed by atoms with E-state index in [9.17, 15) is 0 Å². The van der Waals surface area contributed by atoms with E-state index in [4.69, 9.17) is 5.10 Å². The molecule has 1 aliphatic rings. The molecule has 1 aromatic carbocycles. The van der Waals surface area contributed by atoms with E-state index in [-0.39, 0.29) is 0 Å². The highest BCUT2D eigenvalue weighted by molar-refractivity contribution is 7.15. The minimum absolute atomic E-state index is 1.02. The Hall–Kier alpha value is -2.07. The fourth-order valence-corrected chi connectivity index (χ4v) is 4.20. The molecule has 0 fully saturated rings. The summed E-state index contributed by atoms with van der Waals surface area (Å²) in [5, 5.41) is 8.63. The Balaban J connectivity index is 1.85. The highest BCUT2D eigenvalue weighted by Gasteiger charge is 2.22. The highest BCUT2D eigenvalue weighted by Crippen LogP contribution is 2.36. The van der Waals surface area contributed by atoms with Crippen molar-refractivity contribution in [3.8, 4) is 16.3 Å². The third kappa shape index (κ3) is 2.75. The smallest absolute Gasteiger partial charge is 0.133 e. The third-order valence-electron chi connectivity index (χ3n) is 4.69. The van der Waals surface area contributed by atoms with Crippen LogP contribution in [0.1, 0.15) is 35.8 Å². The van der Waals surface area contributed by atoms with Gasteiger partial charge in [0.25, 0.3) is 0 Å². The van der Waals surface area contributed by atoms with Crippen LogP contribution >= 0.6 is 11.3 Å². The van der Waals surface area contributed by atoms with E-state index < -0.39 is 0 Å². The number of rotatable bonds is 3. The number of aryl methyl sites for hydroxylation is 2. The van der Waals surface area contributed by atoms with E-state index in [1.165, 1.54) is 39.5 Å². The van der Waals surface area contributed by atoms with E-state index in [1.54, 1.807) is 0 Å². The Morgan fingerprint density at radius 1 is 1.12 bits per heavy atom. The van der Waals surface area contributed by atoms with Crippen LogP contribution in [0, 0.1) is 6.92 Å². The standard InChI is InChI=1S/C20H23N3S/c1-3-15-8-10-16(11-9-15)23-20-17(6-4-5-13-21-20)19(22-23)18-12-7-14(2)24-18/h7-12,21H,3-6,13H2,1-2H3. The molecular weight excluding hydrogens is 314 g/mol. The summed E-state index contributed by atoms with van der Waals surface area (Å²) >= 11 is 1.83. The number of fused-ring (bicyclic) bond motifs is 1. The lowest BCUT2D eigenvalue weighted by Gasteiger charge is -2.09. The minimum atomic E-state index is 1.02. The topological polar surface area (TPSA) is 29.9 Å². The van der Waals surface area contributed by atoms with Crippen molar-refractivity contribution in [2.24, 2.45) is 0 Å². The van der Waals surface area contributed by atoms with Crippen molar-refractivity contribution in [1.29, 1.82) is 0 Å². The number of aromatic nitrogens is 2. The third-order valence-corrected chi connectivity index (χ3v) is 5.70. The normalized spacial score (nSPS) is 14.1. The maximum absolute atomic E-state index is 5.01. The van der Waals surface area contributed by atoms with Gasteiger partial charge in [0.05, 0.1) is 10.6 Å². The van der Waals surface area contributed by atoms with Gasteiger partial charge in [0, 0.05) is 17.0 Å². The molecule has 24 heavy (non-hydrogen) atoms. The van der Waals surface area contributed by atoms with Gasteiger partial charge in [-0.3, -0.25) is 0 Å². The van der Waals surface area contributed by atoms with E-state index in [0.717, 1.165) is 30.8 Å². The Morgan fingerprint density at radius 2 is 1.96 bits per heavy atom. The van der Waals surface area contributed by atoms with Gasteiger partial charge >= 0.3 is 0 Å². The molecule has 124 valence electrons. The molecule has 0 saturated heterocycles. The summed E-state index contributed by atoms with van der Waals surface area (Å²) in [5.41, 5.74) is 5.02. The average molecular weight is 337 g/mol. The van der Waals surface area contributed by atoms with Gasteiger partial charge in [0.1, 0.15) is 11.5 Å². The summed E-state index contributed by atoms with van der Waals surface area (Å²) in [6.07, 6.45) is 4.60. The van der Waals surface area contributed by atoms with Gasteiger partial charge in [-0.15, -0.1) is 11.3 Å². The second-order valence-corrected chi connectivity index (χ2v) is 7.69. The Morgan fingerprint density at radius 3 is 2.67 bits per heavy atom. The predicted molar refractivity (Wildman–Crippen MR) is 102 cm³/mol. The molecule has 3 aromatic rings. The lowest BCUT2D eigenvalue weighted by atomic mass is 10.1. The molecule has 2 aromatic heterocycles. The second kappa shape index (κ2) is 6.44. The Kier molecular flexibility index (Phi) is 4.15. The zero-order valence-electron chi connectivity index (χ0n) is 14.3. The zero-order chi connectivity index (χ0) is 16.5. The summed E-state index contributed by atoms with van der Waals surface area (Å²) in [4.78, 5) is 2.61. The van der Waals surface area contributed by atoms with Crippen molar-refractivity contribution in [1.82, 2.24) is 9.78 Å². The summed E-state index contributed by atoms with van der Waals surface area (Å²) in [7, 11) is 0. The first-order valence-electron chi connectivity index (χ1n) is 8.78. The van der Waals surface area contributed by atoms with Crippen molar-refractivity contribution in [3.05, 3.63) is 52.4 Å². The van der Waals surface area contributed by atoms with Crippen molar-refractivity contribution in [2.45, 2.75) is 39.5 Å². The molecule has 0 atom stereocenters. The maximum Gasteiger partial charge on any atom is 0.133 e. The lowest BCUT2D eigenvalue weighted by molar-refractivity contribution is 0.780. The van der Waals surface area contributed by atoms with Crippen LogP contribution in [0.3, 0.4) is 0 Å². The minimum Gasteiger partial charge on any atom is -0.370 e. The van der Waals surface area contributed by atoms with Gasteiger partial charge in [-0.05, 0) is 62.4 Å². The molecule has 1 aliphatic heterocycles. The number of thiophene rings is 1. The van der Waals surface area contributed by atoms with Crippen LogP contribution in [0.25, 0.3) is 16.3 Å². The van der Waals surface area contributed by atoms with Crippen LogP contribution in [0.15, 0.2) is 36.4 Å². The number of nitrogens with one attached hydrogen (secondary N) is 1. The molecule has 0 spiro atoms. The summed E-state index contributed by atoms with van der Waals surface area (Å²) in [6.45, 7) is 5.37. The van der Waals surface area contributed by atoms with Crippen molar-refractivity contribution < 1.29 is 0 Å². The molecule has 0 unspecified atom stereocenters. The number of anilines is 1. The van der Waals surface area contributed by atoms with E-state index in [1.807, 2.05) is 11.3 Å². The predicted octanol–water partition coefficient (Wildman–Crippen LogP) is 5.22. The fourth-order valence-electron chi connectivity index (χ4n) is 3.32. The largest absolute Gasteiger partial charge is 0.370 e. The number of hydrogen-bond donors (Lipinski definition) is 1. The van der Waals surface area contributed by atoms with Crippen LogP contribution in [0.2, 0.25) is 0 Å². The average Bonchev–Trinajstić information content (AvgIpc) is 3.10. The molecule has 3 heterocycles. The zero-order valence-corrected chi connectivity index (χ0v) is 15.1. The molecule has 0 radical (unpaired) electrons. The second-order valence-electron chi connectivity index (χ2n) is 6.40. The molecule has 0 aliphatic carbocycles. The van der Waals surface area contributed by atoms with Crippen molar-refractivity contribution >= 4 is 17.2 Å². The van der Waals surface area contributed by atoms with E-state index in [2.05, 4.69) is 60.2 Å². The van der Waals surface area contributed by atoms with Gasteiger partial charge in [0.2, 0.25) is 0 Å². The Labute approximate surface area is 147 Å². The van der Waals surface area contributed by atoms with Crippen LogP contribution in [-0.2, 0) is 12.8 Å². The first kappa shape index (κ1) is 15.5. The van der Waals surface area contributed by atoms with Gasteiger partial charge in [-0.25, -0.2) is 4.68 Å².